The van der Waals surface area contributed by atoms with Crippen molar-refractivity contribution >= 4 is 23.4 Å². The molecule has 0 aromatic heterocycles. The van der Waals surface area contributed by atoms with Crippen LogP contribution in [0, 0.1) is 0 Å². The predicted octanol–water partition coefficient (Wildman–Crippen LogP) is 2.40. The number of rotatable bonds is 1. The molecule has 0 fully saturated rings. The molecule has 0 bridgehead atoms. The molecule has 0 aliphatic carbocycles. The topological polar surface area (TPSA) is 38.8 Å². The molecular formula is C14H15NO3S. The maximum atomic E-state index is 12.5. The van der Waals surface area contributed by atoms with Crippen LogP contribution in [0.15, 0.2) is 41.2 Å². The average Bonchev–Trinajstić information content (AvgIpc) is 2.70. The van der Waals surface area contributed by atoms with Gasteiger partial charge in [0.05, 0.1) is 5.69 Å². The van der Waals surface area contributed by atoms with Gasteiger partial charge < -0.3 is 14.4 Å². The minimum atomic E-state index is -0.116. The lowest BCUT2D eigenvalue weighted by molar-refractivity contribution is -0.119. The second-order valence-corrected chi connectivity index (χ2v) is 5.46. The number of para-hydroxylation sites is 1. The summed E-state index contributed by atoms with van der Waals surface area (Å²) in [7, 11) is 0. The Bertz CT molecular complexity index is 515. The Morgan fingerprint density at radius 3 is 3.00 bits per heavy atom. The lowest BCUT2D eigenvalue weighted by atomic mass is 10.2. The third-order valence-electron chi connectivity index (χ3n) is 3.04. The highest BCUT2D eigenvalue weighted by Crippen LogP contribution is 2.34. The molecule has 1 amide bonds. The summed E-state index contributed by atoms with van der Waals surface area (Å²) in [4.78, 5) is 15.4. The lowest BCUT2D eigenvalue weighted by Gasteiger charge is -2.24. The van der Waals surface area contributed by atoms with Crippen molar-refractivity contribution in [3.05, 3.63) is 36.3 Å². The van der Waals surface area contributed by atoms with Crippen LogP contribution in [0.2, 0.25) is 0 Å². The predicted molar refractivity (Wildman–Crippen MR) is 74.1 cm³/mol. The Morgan fingerprint density at radius 2 is 2.16 bits per heavy atom. The van der Waals surface area contributed by atoms with Crippen LogP contribution >= 0.6 is 11.8 Å². The van der Waals surface area contributed by atoms with Crippen molar-refractivity contribution in [1.82, 2.24) is 0 Å². The quantitative estimate of drug-likeness (QED) is 0.790. The average molecular weight is 277 g/mol. The van der Waals surface area contributed by atoms with Gasteiger partial charge in [0.15, 0.2) is 0 Å². The normalized spacial score (nSPS) is 18.5. The SMILES string of the molecule is O=C(C1=COCCO1)N1CCCSc2ccccc21. The molecule has 2 aliphatic heterocycles. The maximum absolute atomic E-state index is 12.5. The van der Waals surface area contributed by atoms with E-state index in [9.17, 15) is 4.79 Å². The number of amides is 1. The third kappa shape index (κ3) is 2.56. The Morgan fingerprint density at radius 1 is 1.26 bits per heavy atom. The van der Waals surface area contributed by atoms with Crippen LogP contribution in [0.25, 0.3) is 0 Å². The molecule has 1 aromatic rings. The molecule has 100 valence electrons. The molecule has 2 heterocycles. The van der Waals surface area contributed by atoms with Gasteiger partial charge in [0, 0.05) is 11.4 Å². The standard InChI is InChI=1S/C14H15NO3S/c16-14(12-10-17-7-8-18-12)15-6-3-9-19-13-5-2-1-4-11(13)15/h1-2,4-5,10H,3,6-9H2. The van der Waals surface area contributed by atoms with Gasteiger partial charge in [-0.1, -0.05) is 12.1 Å². The molecule has 0 saturated carbocycles. The Kier molecular flexibility index (Phi) is 3.64. The highest BCUT2D eigenvalue weighted by molar-refractivity contribution is 7.99. The van der Waals surface area contributed by atoms with E-state index in [-0.39, 0.29) is 5.91 Å². The van der Waals surface area contributed by atoms with Crippen molar-refractivity contribution in [3.8, 4) is 0 Å². The van der Waals surface area contributed by atoms with Gasteiger partial charge in [-0.15, -0.1) is 11.8 Å². The zero-order valence-corrected chi connectivity index (χ0v) is 11.3. The summed E-state index contributed by atoms with van der Waals surface area (Å²) in [5, 5.41) is 0. The molecule has 0 radical (unpaired) electrons. The largest absolute Gasteiger partial charge is 0.494 e. The van der Waals surface area contributed by atoms with E-state index in [4.69, 9.17) is 9.47 Å². The van der Waals surface area contributed by atoms with Gasteiger partial charge in [-0.05, 0) is 24.3 Å². The summed E-state index contributed by atoms with van der Waals surface area (Å²) in [5.74, 6) is 1.21. The number of thioether (sulfide) groups is 1. The van der Waals surface area contributed by atoms with Crippen LogP contribution < -0.4 is 4.90 Å². The van der Waals surface area contributed by atoms with Gasteiger partial charge >= 0.3 is 0 Å². The first kappa shape index (κ1) is 12.4. The fourth-order valence-corrected chi connectivity index (χ4v) is 3.15. The molecule has 0 atom stereocenters. The Hall–Kier alpha value is -1.62. The Labute approximate surface area is 116 Å². The molecule has 0 unspecified atom stereocenters. The number of nitrogens with zero attached hydrogens (tertiary/aromatic N) is 1. The smallest absolute Gasteiger partial charge is 0.296 e. The molecular weight excluding hydrogens is 262 g/mol. The first-order valence-corrected chi connectivity index (χ1v) is 7.33. The molecule has 1 aromatic carbocycles. The zero-order valence-electron chi connectivity index (χ0n) is 10.5. The van der Waals surface area contributed by atoms with Gasteiger partial charge in [0.1, 0.15) is 19.5 Å². The summed E-state index contributed by atoms with van der Waals surface area (Å²) < 4.78 is 10.6. The zero-order chi connectivity index (χ0) is 13.1. The third-order valence-corrected chi connectivity index (χ3v) is 4.19. The molecule has 4 nitrogen and oxygen atoms in total. The first-order valence-electron chi connectivity index (χ1n) is 6.34. The van der Waals surface area contributed by atoms with E-state index in [2.05, 4.69) is 6.07 Å². The number of anilines is 1. The molecule has 2 aliphatic rings. The minimum Gasteiger partial charge on any atom is -0.494 e. The molecule has 3 rings (SSSR count). The number of fused-ring (bicyclic) bond motifs is 1. The van der Waals surface area contributed by atoms with Gasteiger partial charge in [-0.25, -0.2) is 0 Å². The summed E-state index contributed by atoms with van der Waals surface area (Å²) in [6.07, 6.45) is 2.39. The second-order valence-electron chi connectivity index (χ2n) is 4.33. The van der Waals surface area contributed by atoms with Crippen LogP contribution in [0.5, 0.6) is 0 Å². The highest BCUT2D eigenvalue weighted by atomic mass is 32.2. The van der Waals surface area contributed by atoms with Crippen LogP contribution in [0.4, 0.5) is 5.69 Å². The van der Waals surface area contributed by atoms with Crippen molar-refractivity contribution in [2.24, 2.45) is 0 Å². The van der Waals surface area contributed by atoms with Crippen molar-refractivity contribution < 1.29 is 14.3 Å². The number of hydrogen-bond donors (Lipinski definition) is 0. The number of carbonyl (C=O) groups is 1. The van der Waals surface area contributed by atoms with Crippen molar-refractivity contribution in [2.75, 3.05) is 30.4 Å². The van der Waals surface area contributed by atoms with E-state index in [0.717, 1.165) is 22.8 Å². The van der Waals surface area contributed by atoms with E-state index in [1.165, 1.54) is 6.26 Å². The number of benzene rings is 1. The molecule has 0 spiro atoms. The molecule has 5 heteroatoms. The maximum Gasteiger partial charge on any atom is 0.296 e. The van der Waals surface area contributed by atoms with E-state index in [0.29, 0.717) is 25.5 Å². The summed E-state index contributed by atoms with van der Waals surface area (Å²) in [5.41, 5.74) is 0.963. The number of ether oxygens (including phenoxy) is 2. The Balaban J connectivity index is 1.91. The van der Waals surface area contributed by atoms with Crippen molar-refractivity contribution in [2.45, 2.75) is 11.3 Å². The fourth-order valence-electron chi connectivity index (χ4n) is 2.15. The molecule has 0 N–H and O–H groups in total. The number of hydrogen-bond acceptors (Lipinski definition) is 4. The number of carbonyl (C=O) groups excluding carboxylic acids is 1. The van der Waals surface area contributed by atoms with Crippen molar-refractivity contribution in [1.29, 1.82) is 0 Å². The molecule has 19 heavy (non-hydrogen) atoms. The summed E-state index contributed by atoms with van der Waals surface area (Å²) in [6.45, 7) is 1.65. The lowest BCUT2D eigenvalue weighted by Crippen LogP contribution is -2.35. The van der Waals surface area contributed by atoms with Crippen LogP contribution in [0.1, 0.15) is 6.42 Å². The van der Waals surface area contributed by atoms with E-state index < -0.39 is 0 Å². The van der Waals surface area contributed by atoms with Crippen LogP contribution in [-0.2, 0) is 14.3 Å². The van der Waals surface area contributed by atoms with Gasteiger partial charge in [0.2, 0.25) is 5.76 Å². The van der Waals surface area contributed by atoms with Crippen molar-refractivity contribution in [3.63, 3.8) is 0 Å². The van der Waals surface area contributed by atoms with E-state index in [1.54, 1.807) is 16.7 Å². The highest BCUT2D eigenvalue weighted by Gasteiger charge is 2.26. The summed E-state index contributed by atoms with van der Waals surface area (Å²) >= 11 is 1.79. The molecule has 0 saturated heterocycles. The van der Waals surface area contributed by atoms with Crippen LogP contribution in [0.3, 0.4) is 0 Å². The summed E-state index contributed by atoms with van der Waals surface area (Å²) in [6, 6.07) is 7.99. The van der Waals surface area contributed by atoms with E-state index in [1.807, 2.05) is 18.2 Å². The second kappa shape index (κ2) is 5.57. The van der Waals surface area contributed by atoms with Gasteiger partial charge in [-0.3, -0.25) is 4.79 Å². The monoisotopic (exact) mass is 277 g/mol. The van der Waals surface area contributed by atoms with Gasteiger partial charge in [0.25, 0.3) is 5.91 Å². The van der Waals surface area contributed by atoms with Crippen LogP contribution in [-0.4, -0.2) is 31.4 Å². The first-order chi connectivity index (χ1) is 9.36. The minimum absolute atomic E-state index is 0.116. The fraction of sp³-hybridized carbons (Fsp3) is 0.357. The van der Waals surface area contributed by atoms with E-state index >= 15 is 0 Å². The van der Waals surface area contributed by atoms with Gasteiger partial charge in [-0.2, -0.15) is 0 Å².